The molecule has 0 saturated carbocycles. The minimum absolute atomic E-state index is 0.0465. The quantitative estimate of drug-likeness (QED) is 0.837. The van der Waals surface area contributed by atoms with Gasteiger partial charge in [0.1, 0.15) is 0 Å². The molecule has 1 heterocycles. The van der Waals surface area contributed by atoms with Crippen molar-refractivity contribution >= 4 is 11.8 Å². The van der Waals surface area contributed by atoms with Crippen molar-refractivity contribution in [1.82, 2.24) is 0 Å². The normalized spacial score (nSPS) is 18.0. The molecule has 0 amide bonds. The van der Waals surface area contributed by atoms with Gasteiger partial charge in [-0.25, -0.2) is 0 Å². The summed E-state index contributed by atoms with van der Waals surface area (Å²) in [5.74, 6) is 1.57. The smallest absolute Gasteiger partial charge is 0.162 e. The third-order valence-electron chi connectivity index (χ3n) is 3.59. The first-order valence-corrected chi connectivity index (χ1v) is 8.22. The average molecular weight is 311 g/mol. The van der Waals surface area contributed by atoms with Gasteiger partial charge in [0.2, 0.25) is 0 Å². The summed E-state index contributed by atoms with van der Waals surface area (Å²) in [6.07, 6.45) is 0.894. The van der Waals surface area contributed by atoms with E-state index < -0.39 is 0 Å². The lowest BCUT2D eigenvalue weighted by atomic mass is 9.85. The van der Waals surface area contributed by atoms with E-state index in [1.165, 1.54) is 0 Å². The molecule has 0 spiro atoms. The zero-order chi connectivity index (χ0) is 15.5. The highest BCUT2D eigenvalue weighted by atomic mass is 32.2. The van der Waals surface area contributed by atoms with Crippen LogP contribution in [0, 0.1) is 5.41 Å². The standard InChI is InChI=1S/C16H25NO3S/c1-16(2,3)15(17)14(10-18)21-11-5-6-12-13(9-11)20-8-4-7-19-12/h5-6,9,14-15,18H,4,7-8,10,17H2,1-3H3. The second kappa shape index (κ2) is 6.90. The van der Waals surface area contributed by atoms with Gasteiger partial charge in [0.15, 0.2) is 11.5 Å². The second-order valence-corrected chi connectivity index (χ2v) is 7.70. The Balaban J connectivity index is 2.13. The molecule has 1 aromatic carbocycles. The Hall–Kier alpha value is -0.910. The maximum Gasteiger partial charge on any atom is 0.162 e. The van der Waals surface area contributed by atoms with Crippen LogP contribution in [0.4, 0.5) is 0 Å². The van der Waals surface area contributed by atoms with Gasteiger partial charge in [0, 0.05) is 22.6 Å². The third-order valence-corrected chi connectivity index (χ3v) is 4.86. The lowest BCUT2D eigenvalue weighted by Gasteiger charge is -2.32. The Morgan fingerprint density at radius 3 is 2.52 bits per heavy atom. The molecule has 1 aliphatic rings. The molecule has 2 unspecified atom stereocenters. The number of hydrogen-bond acceptors (Lipinski definition) is 5. The zero-order valence-corrected chi connectivity index (χ0v) is 13.8. The molecular weight excluding hydrogens is 286 g/mol. The fraction of sp³-hybridized carbons (Fsp3) is 0.625. The van der Waals surface area contributed by atoms with Crippen LogP contribution in [0.5, 0.6) is 11.5 Å². The Kier molecular flexibility index (Phi) is 5.41. The molecule has 0 aromatic heterocycles. The summed E-state index contributed by atoms with van der Waals surface area (Å²) >= 11 is 1.59. The van der Waals surface area contributed by atoms with E-state index in [0.717, 1.165) is 22.8 Å². The van der Waals surface area contributed by atoms with Gasteiger partial charge in [0.05, 0.1) is 19.8 Å². The van der Waals surface area contributed by atoms with Crippen LogP contribution in [0.3, 0.4) is 0 Å². The predicted octanol–water partition coefficient (Wildman–Crippen LogP) is 2.67. The van der Waals surface area contributed by atoms with Crippen molar-refractivity contribution in [3.63, 3.8) is 0 Å². The maximum atomic E-state index is 9.65. The number of fused-ring (bicyclic) bond motifs is 1. The van der Waals surface area contributed by atoms with Gasteiger partial charge in [-0.2, -0.15) is 0 Å². The number of nitrogens with two attached hydrogens (primary N) is 1. The molecule has 4 nitrogen and oxygen atoms in total. The molecule has 1 aliphatic heterocycles. The number of rotatable bonds is 4. The molecule has 2 atom stereocenters. The minimum Gasteiger partial charge on any atom is -0.490 e. The Bertz CT molecular complexity index is 473. The van der Waals surface area contributed by atoms with Crippen LogP contribution in [0.15, 0.2) is 23.1 Å². The maximum absolute atomic E-state index is 9.65. The number of aliphatic hydroxyl groups excluding tert-OH is 1. The SMILES string of the molecule is CC(C)(C)C(N)C(CO)Sc1ccc2c(c1)OCCCO2. The lowest BCUT2D eigenvalue weighted by molar-refractivity contribution is 0.233. The highest BCUT2D eigenvalue weighted by Crippen LogP contribution is 2.37. The van der Waals surface area contributed by atoms with Crippen LogP contribution in [0.2, 0.25) is 0 Å². The first kappa shape index (κ1) is 16.5. The van der Waals surface area contributed by atoms with E-state index in [0.29, 0.717) is 13.2 Å². The summed E-state index contributed by atoms with van der Waals surface area (Å²) < 4.78 is 11.3. The van der Waals surface area contributed by atoms with Crippen molar-refractivity contribution in [2.75, 3.05) is 19.8 Å². The van der Waals surface area contributed by atoms with Crippen molar-refractivity contribution in [3.05, 3.63) is 18.2 Å². The highest BCUT2D eigenvalue weighted by Gasteiger charge is 2.29. The number of benzene rings is 1. The molecular formula is C16H25NO3S. The van der Waals surface area contributed by atoms with E-state index in [9.17, 15) is 5.11 Å². The summed E-state index contributed by atoms with van der Waals surface area (Å²) in [5, 5.41) is 9.60. The van der Waals surface area contributed by atoms with Crippen molar-refractivity contribution < 1.29 is 14.6 Å². The van der Waals surface area contributed by atoms with Crippen LogP contribution in [-0.4, -0.2) is 36.2 Å². The fourth-order valence-corrected chi connectivity index (χ4v) is 3.47. The molecule has 3 N–H and O–H groups in total. The topological polar surface area (TPSA) is 64.7 Å². The molecule has 0 radical (unpaired) electrons. The summed E-state index contributed by atoms with van der Waals surface area (Å²) in [6, 6.07) is 5.81. The van der Waals surface area contributed by atoms with Crippen molar-refractivity contribution in [1.29, 1.82) is 0 Å². The van der Waals surface area contributed by atoms with Gasteiger partial charge in [-0.05, 0) is 23.6 Å². The van der Waals surface area contributed by atoms with Crippen molar-refractivity contribution in [2.45, 2.75) is 43.4 Å². The predicted molar refractivity (Wildman–Crippen MR) is 86.2 cm³/mol. The number of aliphatic hydroxyl groups is 1. The molecule has 0 fully saturated rings. The van der Waals surface area contributed by atoms with Gasteiger partial charge < -0.3 is 20.3 Å². The Morgan fingerprint density at radius 2 is 1.90 bits per heavy atom. The third kappa shape index (κ3) is 4.28. The molecule has 1 aromatic rings. The molecule has 0 saturated heterocycles. The van der Waals surface area contributed by atoms with E-state index in [-0.39, 0.29) is 23.3 Å². The highest BCUT2D eigenvalue weighted by molar-refractivity contribution is 8.00. The first-order valence-electron chi connectivity index (χ1n) is 7.34. The van der Waals surface area contributed by atoms with Crippen molar-refractivity contribution in [3.8, 4) is 11.5 Å². The molecule has 118 valence electrons. The van der Waals surface area contributed by atoms with E-state index in [2.05, 4.69) is 20.8 Å². The van der Waals surface area contributed by atoms with Crippen molar-refractivity contribution in [2.24, 2.45) is 11.1 Å². The molecule has 0 aliphatic carbocycles. The van der Waals surface area contributed by atoms with Crippen LogP contribution in [0.1, 0.15) is 27.2 Å². The number of ether oxygens (including phenoxy) is 2. The van der Waals surface area contributed by atoms with Gasteiger partial charge in [-0.15, -0.1) is 11.8 Å². The lowest BCUT2D eigenvalue weighted by Crippen LogP contribution is -2.45. The molecule has 0 bridgehead atoms. The Morgan fingerprint density at radius 1 is 1.24 bits per heavy atom. The molecule has 21 heavy (non-hydrogen) atoms. The first-order chi connectivity index (χ1) is 9.91. The number of hydrogen-bond donors (Lipinski definition) is 2. The van der Waals surface area contributed by atoms with E-state index in [1.54, 1.807) is 11.8 Å². The molecule has 2 rings (SSSR count). The minimum atomic E-state index is -0.0940. The summed E-state index contributed by atoms with van der Waals surface area (Å²) in [4.78, 5) is 1.04. The summed E-state index contributed by atoms with van der Waals surface area (Å²) in [7, 11) is 0. The van der Waals surface area contributed by atoms with E-state index in [4.69, 9.17) is 15.2 Å². The number of thioether (sulfide) groups is 1. The monoisotopic (exact) mass is 311 g/mol. The average Bonchev–Trinajstić information content (AvgIpc) is 2.67. The van der Waals surface area contributed by atoms with Crippen LogP contribution in [-0.2, 0) is 0 Å². The van der Waals surface area contributed by atoms with Crippen LogP contribution >= 0.6 is 11.8 Å². The van der Waals surface area contributed by atoms with Gasteiger partial charge >= 0.3 is 0 Å². The second-order valence-electron chi connectivity index (χ2n) is 6.39. The molecule has 5 heteroatoms. The summed E-state index contributed by atoms with van der Waals surface area (Å²) in [5.41, 5.74) is 6.23. The van der Waals surface area contributed by atoms with E-state index in [1.807, 2.05) is 18.2 Å². The Labute approximate surface area is 131 Å². The van der Waals surface area contributed by atoms with Gasteiger partial charge in [-0.3, -0.25) is 0 Å². The van der Waals surface area contributed by atoms with Crippen LogP contribution < -0.4 is 15.2 Å². The van der Waals surface area contributed by atoms with Gasteiger partial charge in [-0.1, -0.05) is 20.8 Å². The van der Waals surface area contributed by atoms with Gasteiger partial charge in [0.25, 0.3) is 0 Å². The van der Waals surface area contributed by atoms with Crippen LogP contribution in [0.25, 0.3) is 0 Å². The fourth-order valence-electron chi connectivity index (χ4n) is 2.17. The summed E-state index contributed by atoms with van der Waals surface area (Å²) in [6.45, 7) is 7.69. The largest absolute Gasteiger partial charge is 0.490 e. The zero-order valence-electron chi connectivity index (χ0n) is 13.0. The van der Waals surface area contributed by atoms with E-state index >= 15 is 0 Å².